The minimum Gasteiger partial charge on any atom is -0.377 e. The van der Waals surface area contributed by atoms with E-state index < -0.39 is 10.0 Å². The molecule has 1 atom stereocenters. The molecule has 7 nitrogen and oxygen atoms in total. The third-order valence-corrected chi connectivity index (χ3v) is 9.26. The first-order valence-corrected chi connectivity index (χ1v) is 13.9. The average Bonchev–Trinajstić information content (AvgIpc) is 3.62. The fourth-order valence-corrected chi connectivity index (χ4v) is 6.85. The van der Waals surface area contributed by atoms with E-state index in [4.69, 9.17) is 4.74 Å². The van der Waals surface area contributed by atoms with Crippen molar-refractivity contribution in [1.82, 2.24) is 14.2 Å². The molecule has 2 aliphatic carbocycles. The van der Waals surface area contributed by atoms with E-state index in [0.29, 0.717) is 56.3 Å². The lowest BCUT2D eigenvalue weighted by molar-refractivity contribution is -0.143. The van der Waals surface area contributed by atoms with Crippen molar-refractivity contribution in [2.75, 3.05) is 19.8 Å². The van der Waals surface area contributed by atoms with Crippen molar-refractivity contribution in [2.24, 2.45) is 13.0 Å². The Morgan fingerprint density at radius 1 is 1.12 bits per heavy atom. The number of nitrogens with zero attached hydrogens (tertiary/aromatic N) is 2. The van der Waals surface area contributed by atoms with Crippen LogP contribution in [0, 0.1) is 5.92 Å². The molecule has 1 saturated heterocycles. The van der Waals surface area contributed by atoms with E-state index in [2.05, 4.69) is 21.9 Å². The maximum absolute atomic E-state index is 13.2. The second kappa shape index (κ2) is 9.13. The Labute approximate surface area is 202 Å². The summed E-state index contributed by atoms with van der Waals surface area (Å²) in [5.41, 5.74) is 3.18. The smallest absolute Gasteiger partial charge is 0.240 e. The van der Waals surface area contributed by atoms with Gasteiger partial charge in [0.25, 0.3) is 0 Å². The first-order chi connectivity index (χ1) is 16.2. The predicted octanol–water partition coefficient (Wildman–Crippen LogP) is 3.70. The summed E-state index contributed by atoms with van der Waals surface area (Å²) in [6, 6.07) is 7.36. The van der Waals surface area contributed by atoms with Gasteiger partial charge in [0.15, 0.2) is 0 Å². The molecule has 5 rings (SSSR count). The van der Waals surface area contributed by atoms with Crippen molar-refractivity contribution in [3.8, 4) is 0 Å². The van der Waals surface area contributed by atoms with Gasteiger partial charge in [0.05, 0.1) is 24.2 Å². The monoisotopic (exact) mass is 485 g/mol. The number of aryl methyl sites for hydroxylation is 1. The Bertz CT molecular complexity index is 1210. The average molecular weight is 486 g/mol. The van der Waals surface area contributed by atoms with E-state index in [9.17, 15) is 13.2 Å². The highest BCUT2D eigenvalue weighted by molar-refractivity contribution is 7.89. The van der Waals surface area contributed by atoms with Gasteiger partial charge in [-0.05, 0) is 75.0 Å². The van der Waals surface area contributed by atoms with Crippen LogP contribution in [0.15, 0.2) is 41.3 Å². The minimum absolute atomic E-state index is 0.0645. The molecule has 2 saturated carbocycles. The summed E-state index contributed by atoms with van der Waals surface area (Å²) in [5.74, 6) is 0.691. The van der Waals surface area contributed by atoms with Crippen LogP contribution >= 0.6 is 0 Å². The van der Waals surface area contributed by atoms with Crippen LogP contribution in [-0.2, 0) is 26.6 Å². The van der Waals surface area contributed by atoms with Gasteiger partial charge in [0, 0.05) is 36.8 Å². The lowest BCUT2D eigenvalue weighted by Crippen LogP contribution is -2.52. The number of nitrogens with one attached hydrogen (secondary N) is 1. The second-order valence-corrected chi connectivity index (χ2v) is 12.0. The topological polar surface area (TPSA) is 80.6 Å². The number of morpholine rings is 1. The molecule has 1 amide bonds. The number of rotatable bonds is 6. The van der Waals surface area contributed by atoms with Gasteiger partial charge in [-0.3, -0.25) is 4.79 Å². The standard InChI is InChI=1S/C26H35N3O4S/c1-17(2)25-16-33-13-12-29(25)26(30)19-6-9-21(10-7-19)27-34(31,32)22-11-8-20-14-23(18-4-5-18)28(3)24(20)15-22/h8,11,14-15,18-19,21,25,27H,1,4-7,9-10,12-13,16H2,2-3H3. The highest BCUT2D eigenvalue weighted by atomic mass is 32.2. The van der Waals surface area contributed by atoms with Crippen LogP contribution in [0.3, 0.4) is 0 Å². The Kier molecular flexibility index (Phi) is 6.33. The summed E-state index contributed by atoms with van der Waals surface area (Å²) in [6.07, 6.45) is 5.12. The normalized spacial score (nSPS) is 26.1. The molecule has 1 N–H and O–H groups in total. The molecule has 1 aromatic heterocycles. The van der Waals surface area contributed by atoms with Gasteiger partial charge >= 0.3 is 0 Å². The maximum atomic E-state index is 13.2. The van der Waals surface area contributed by atoms with Gasteiger partial charge < -0.3 is 14.2 Å². The quantitative estimate of drug-likeness (QED) is 0.633. The molecule has 2 aromatic rings. The number of hydrogen-bond donors (Lipinski definition) is 1. The first-order valence-electron chi connectivity index (χ1n) is 12.4. The molecular formula is C26H35N3O4S. The van der Waals surface area contributed by atoms with Gasteiger partial charge in [-0.25, -0.2) is 13.1 Å². The number of carbonyl (C=O) groups is 1. The summed E-state index contributed by atoms with van der Waals surface area (Å²) < 4.78 is 36.9. The van der Waals surface area contributed by atoms with Crippen molar-refractivity contribution in [1.29, 1.82) is 0 Å². The fourth-order valence-electron chi connectivity index (χ4n) is 5.53. The second-order valence-electron chi connectivity index (χ2n) is 10.3. The number of benzene rings is 1. The molecular weight excluding hydrogens is 450 g/mol. The molecule has 0 radical (unpaired) electrons. The molecule has 2 heterocycles. The molecule has 3 fully saturated rings. The van der Waals surface area contributed by atoms with E-state index in [-0.39, 0.29) is 23.9 Å². The third kappa shape index (κ3) is 4.55. The number of amides is 1. The van der Waals surface area contributed by atoms with Crippen molar-refractivity contribution < 1.29 is 17.9 Å². The number of sulfonamides is 1. The van der Waals surface area contributed by atoms with Crippen LogP contribution in [0.2, 0.25) is 0 Å². The Morgan fingerprint density at radius 3 is 2.53 bits per heavy atom. The van der Waals surface area contributed by atoms with Crippen LogP contribution in [-0.4, -0.2) is 55.6 Å². The molecule has 0 bridgehead atoms. The summed E-state index contributed by atoms with van der Waals surface area (Å²) in [4.78, 5) is 15.4. The van der Waals surface area contributed by atoms with E-state index in [0.717, 1.165) is 16.5 Å². The molecule has 0 spiro atoms. The lowest BCUT2D eigenvalue weighted by Gasteiger charge is -2.39. The van der Waals surface area contributed by atoms with Crippen LogP contribution in [0.4, 0.5) is 0 Å². The fraction of sp³-hybridized carbons (Fsp3) is 0.577. The van der Waals surface area contributed by atoms with Crippen LogP contribution in [0.25, 0.3) is 10.9 Å². The Hall–Kier alpha value is -2.16. The zero-order valence-corrected chi connectivity index (χ0v) is 20.9. The largest absolute Gasteiger partial charge is 0.377 e. The van der Waals surface area contributed by atoms with Crippen molar-refractivity contribution in [2.45, 2.75) is 68.3 Å². The first kappa shape index (κ1) is 23.6. The molecule has 184 valence electrons. The van der Waals surface area contributed by atoms with Crippen LogP contribution in [0.1, 0.15) is 57.1 Å². The predicted molar refractivity (Wildman–Crippen MR) is 132 cm³/mol. The van der Waals surface area contributed by atoms with Crippen molar-refractivity contribution >= 4 is 26.8 Å². The zero-order valence-electron chi connectivity index (χ0n) is 20.1. The van der Waals surface area contributed by atoms with Gasteiger partial charge in [-0.2, -0.15) is 0 Å². The van der Waals surface area contributed by atoms with Crippen LogP contribution in [0.5, 0.6) is 0 Å². The maximum Gasteiger partial charge on any atom is 0.240 e. The van der Waals surface area contributed by atoms with Gasteiger partial charge in [0.2, 0.25) is 15.9 Å². The highest BCUT2D eigenvalue weighted by Gasteiger charge is 2.35. The molecule has 34 heavy (non-hydrogen) atoms. The van der Waals surface area contributed by atoms with Crippen molar-refractivity contribution in [3.05, 3.63) is 42.1 Å². The Morgan fingerprint density at radius 2 is 1.85 bits per heavy atom. The van der Waals surface area contributed by atoms with E-state index in [1.54, 1.807) is 12.1 Å². The molecule has 1 aliphatic heterocycles. The van der Waals surface area contributed by atoms with E-state index in [1.165, 1.54) is 18.5 Å². The summed E-state index contributed by atoms with van der Waals surface area (Å²) in [5, 5.41) is 1.08. The summed E-state index contributed by atoms with van der Waals surface area (Å²) in [7, 11) is -1.61. The molecule has 8 heteroatoms. The van der Waals surface area contributed by atoms with Gasteiger partial charge in [-0.15, -0.1) is 0 Å². The number of carbonyl (C=O) groups excluding carboxylic acids is 1. The molecule has 1 aromatic carbocycles. The zero-order chi connectivity index (χ0) is 24.0. The number of ether oxygens (including phenoxy) is 1. The van der Waals surface area contributed by atoms with E-state index >= 15 is 0 Å². The SMILES string of the molecule is C=C(C)C1COCCN1C(=O)C1CCC(NS(=O)(=O)c2ccc3cc(C4CC4)n(C)c3c2)CC1. The summed E-state index contributed by atoms with van der Waals surface area (Å²) in [6.45, 7) is 7.61. The Balaban J connectivity index is 1.23. The number of aromatic nitrogens is 1. The molecule has 1 unspecified atom stereocenters. The lowest BCUT2D eigenvalue weighted by atomic mass is 9.85. The number of fused-ring (bicyclic) bond motifs is 1. The van der Waals surface area contributed by atoms with Crippen LogP contribution < -0.4 is 4.72 Å². The summed E-state index contributed by atoms with van der Waals surface area (Å²) >= 11 is 0. The number of hydrogen-bond acceptors (Lipinski definition) is 4. The van der Waals surface area contributed by atoms with Gasteiger partial charge in [0.1, 0.15) is 0 Å². The highest BCUT2D eigenvalue weighted by Crippen LogP contribution is 2.42. The third-order valence-electron chi connectivity index (χ3n) is 7.74. The molecule has 3 aliphatic rings. The minimum atomic E-state index is -3.63. The van der Waals surface area contributed by atoms with Gasteiger partial charge in [-0.1, -0.05) is 18.2 Å². The van der Waals surface area contributed by atoms with Crippen molar-refractivity contribution in [3.63, 3.8) is 0 Å². The van der Waals surface area contributed by atoms with E-state index in [1.807, 2.05) is 24.9 Å².